The van der Waals surface area contributed by atoms with Gasteiger partial charge < -0.3 is 10.2 Å². The third-order valence-electron chi connectivity index (χ3n) is 2.95. The first-order chi connectivity index (χ1) is 8.06. The molecule has 2 rings (SSSR count). The van der Waals surface area contributed by atoms with Gasteiger partial charge in [-0.3, -0.25) is 4.79 Å². The van der Waals surface area contributed by atoms with Crippen LogP contribution in [-0.4, -0.2) is 36.5 Å². The van der Waals surface area contributed by atoms with Crippen molar-refractivity contribution in [3.05, 3.63) is 35.1 Å². The van der Waals surface area contributed by atoms with E-state index < -0.39 is 0 Å². The number of hydrogen-bond acceptors (Lipinski definition) is 2. The van der Waals surface area contributed by atoms with Crippen molar-refractivity contribution in [1.29, 1.82) is 0 Å². The summed E-state index contributed by atoms with van der Waals surface area (Å²) in [6, 6.07) is 4.76. The summed E-state index contributed by atoms with van der Waals surface area (Å²) < 4.78 is 13.2. The molecular formula is C13H18ClFN2O. The number of aryl methyl sites for hydroxylation is 1. The van der Waals surface area contributed by atoms with Crippen LogP contribution in [0.5, 0.6) is 0 Å². The summed E-state index contributed by atoms with van der Waals surface area (Å²) in [5, 5.41) is 3.27. The number of piperazine rings is 1. The first-order valence-electron chi connectivity index (χ1n) is 5.86. The highest BCUT2D eigenvalue weighted by Gasteiger charge is 2.21. The molecule has 1 aromatic carbocycles. The quantitative estimate of drug-likeness (QED) is 0.848. The minimum Gasteiger partial charge on any atom is -0.336 e. The van der Waals surface area contributed by atoms with Gasteiger partial charge in [-0.15, -0.1) is 12.4 Å². The zero-order chi connectivity index (χ0) is 12.4. The molecule has 3 nitrogen and oxygen atoms in total. The van der Waals surface area contributed by atoms with Gasteiger partial charge in [0.2, 0.25) is 0 Å². The van der Waals surface area contributed by atoms with Crippen molar-refractivity contribution < 1.29 is 9.18 Å². The fraction of sp³-hybridized carbons (Fsp3) is 0.462. The molecule has 1 aromatic rings. The zero-order valence-corrected chi connectivity index (χ0v) is 11.4. The Bertz CT molecular complexity index is 419. The maximum absolute atomic E-state index is 13.2. The number of benzene rings is 1. The number of carbonyl (C=O) groups excluding carboxylic acids is 1. The first kappa shape index (κ1) is 14.9. The fourth-order valence-corrected chi connectivity index (χ4v) is 2.16. The summed E-state index contributed by atoms with van der Waals surface area (Å²) in [6.07, 6.45) is 0. The molecule has 0 bridgehead atoms. The van der Waals surface area contributed by atoms with Crippen molar-refractivity contribution >= 4 is 18.3 Å². The molecule has 18 heavy (non-hydrogen) atoms. The zero-order valence-electron chi connectivity index (χ0n) is 10.6. The van der Waals surface area contributed by atoms with Gasteiger partial charge in [-0.05, 0) is 37.6 Å². The molecule has 1 aliphatic heterocycles. The van der Waals surface area contributed by atoms with Crippen molar-refractivity contribution in [1.82, 2.24) is 10.2 Å². The summed E-state index contributed by atoms with van der Waals surface area (Å²) in [5.41, 5.74) is 1.22. The third-order valence-corrected chi connectivity index (χ3v) is 2.95. The van der Waals surface area contributed by atoms with Crippen LogP contribution in [0.4, 0.5) is 4.39 Å². The Balaban J connectivity index is 0.00000162. The molecule has 0 aliphatic carbocycles. The number of nitrogens with one attached hydrogen (secondary N) is 1. The van der Waals surface area contributed by atoms with Crippen LogP contribution in [0.1, 0.15) is 22.8 Å². The topological polar surface area (TPSA) is 32.3 Å². The maximum Gasteiger partial charge on any atom is 0.254 e. The van der Waals surface area contributed by atoms with E-state index in [9.17, 15) is 9.18 Å². The van der Waals surface area contributed by atoms with Crippen molar-refractivity contribution in [2.45, 2.75) is 19.9 Å². The SMILES string of the molecule is Cc1cc(F)cc(C(=O)N2CCN[C@@H](C)C2)c1.Cl. The van der Waals surface area contributed by atoms with Crippen LogP contribution in [0.2, 0.25) is 0 Å². The molecule has 5 heteroatoms. The second-order valence-electron chi connectivity index (χ2n) is 4.62. The highest BCUT2D eigenvalue weighted by atomic mass is 35.5. The van der Waals surface area contributed by atoms with Crippen LogP contribution < -0.4 is 5.32 Å². The Kier molecular flexibility index (Phi) is 5.11. The molecule has 100 valence electrons. The number of hydrogen-bond donors (Lipinski definition) is 1. The van der Waals surface area contributed by atoms with Crippen LogP contribution in [0.15, 0.2) is 18.2 Å². The molecule has 1 fully saturated rings. The summed E-state index contributed by atoms with van der Waals surface area (Å²) in [5.74, 6) is -0.433. The van der Waals surface area contributed by atoms with E-state index in [0.29, 0.717) is 24.7 Å². The fourth-order valence-electron chi connectivity index (χ4n) is 2.16. The lowest BCUT2D eigenvalue weighted by Crippen LogP contribution is -2.51. The number of carbonyl (C=O) groups is 1. The van der Waals surface area contributed by atoms with Crippen LogP contribution in [0.25, 0.3) is 0 Å². The Morgan fingerprint density at radius 3 is 2.78 bits per heavy atom. The lowest BCUT2D eigenvalue weighted by molar-refractivity contribution is 0.0708. The first-order valence-corrected chi connectivity index (χ1v) is 5.86. The minimum atomic E-state index is -0.350. The second kappa shape index (κ2) is 6.16. The molecule has 1 N–H and O–H groups in total. The van der Waals surface area contributed by atoms with E-state index >= 15 is 0 Å². The molecule has 1 saturated heterocycles. The summed E-state index contributed by atoms with van der Waals surface area (Å²) in [6.45, 7) is 5.98. The number of amides is 1. The number of nitrogens with zero attached hydrogens (tertiary/aromatic N) is 1. The molecular weight excluding hydrogens is 255 g/mol. The van der Waals surface area contributed by atoms with Gasteiger partial charge in [-0.2, -0.15) is 0 Å². The lowest BCUT2D eigenvalue weighted by Gasteiger charge is -2.32. The van der Waals surface area contributed by atoms with Crippen molar-refractivity contribution in [2.75, 3.05) is 19.6 Å². The minimum absolute atomic E-state index is 0. The lowest BCUT2D eigenvalue weighted by atomic mass is 10.1. The summed E-state index contributed by atoms with van der Waals surface area (Å²) in [7, 11) is 0. The molecule has 0 spiro atoms. The molecule has 0 saturated carbocycles. The average Bonchev–Trinajstić information content (AvgIpc) is 2.26. The van der Waals surface area contributed by atoms with E-state index in [2.05, 4.69) is 5.32 Å². The molecule has 0 aromatic heterocycles. The van der Waals surface area contributed by atoms with E-state index in [1.165, 1.54) is 12.1 Å². The molecule has 0 unspecified atom stereocenters. The van der Waals surface area contributed by atoms with Crippen molar-refractivity contribution in [2.24, 2.45) is 0 Å². The van der Waals surface area contributed by atoms with Gasteiger partial charge in [0, 0.05) is 31.2 Å². The van der Waals surface area contributed by atoms with Gasteiger partial charge in [-0.25, -0.2) is 4.39 Å². The molecule has 1 aliphatic rings. The van der Waals surface area contributed by atoms with Gasteiger partial charge in [0.05, 0.1) is 0 Å². The molecule has 1 heterocycles. The summed E-state index contributed by atoms with van der Waals surface area (Å²) in [4.78, 5) is 14.0. The highest BCUT2D eigenvalue weighted by molar-refractivity contribution is 5.94. The van der Waals surface area contributed by atoms with Crippen LogP contribution >= 0.6 is 12.4 Å². The van der Waals surface area contributed by atoms with Crippen molar-refractivity contribution in [3.63, 3.8) is 0 Å². The van der Waals surface area contributed by atoms with Crippen LogP contribution in [0.3, 0.4) is 0 Å². The second-order valence-corrected chi connectivity index (χ2v) is 4.62. The maximum atomic E-state index is 13.2. The van der Waals surface area contributed by atoms with Gasteiger partial charge in [0.25, 0.3) is 5.91 Å². The Labute approximate surface area is 113 Å². The monoisotopic (exact) mass is 272 g/mol. The Morgan fingerprint density at radius 1 is 1.44 bits per heavy atom. The predicted molar refractivity (Wildman–Crippen MR) is 71.8 cm³/mol. The molecule has 0 radical (unpaired) electrons. The molecule has 1 atom stereocenters. The van der Waals surface area contributed by atoms with Crippen LogP contribution in [0, 0.1) is 12.7 Å². The van der Waals surface area contributed by atoms with Gasteiger partial charge >= 0.3 is 0 Å². The van der Waals surface area contributed by atoms with E-state index in [4.69, 9.17) is 0 Å². The largest absolute Gasteiger partial charge is 0.336 e. The van der Waals surface area contributed by atoms with E-state index in [1.54, 1.807) is 17.9 Å². The highest BCUT2D eigenvalue weighted by Crippen LogP contribution is 2.12. The molecule has 1 amide bonds. The van der Waals surface area contributed by atoms with Crippen molar-refractivity contribution in [3.8, 4) is 0 Å². The summed E-state index contributed by atoms with van der Waals surface area (Å²) >= 11 is 0. The smallest absolute Gasteiger partial charge is 0.254 e. The normalized spacial score (nSPS) is 19.3. The predicted octanol–water partition coefficient (Wildman–Crippen LogP) is 1.99. The average molecular weight is 273 g/mol. The van der Waals surface area contributed by atoms with Gasteiger partial charge in [-0.1, -0.05) is 0 Å². The Morgan fingerprint density at radius 2 is 2.17 bits per heavy atom. The van der Waals surface area contributed by atoms with E-state index in [0.717, 1.165) is 12.1 Å². The van der Waals surface area contributed by atoms with E-state index in [1.807, 2.05) is 6.92 Å². The third kappa shape index (κ3) is 3.43. The van der Waals surface area contributed by atoms with E-state index in [-0.39, 0.29) is 24.1 Å². The van der Waals surface area contributed by atoms with Gasteiger partial charge in [0.1, 0.15) is 5.82 Å². The standard InChI is InChI=1S/C13H17FN2O.ClH/c1-9-5-11(7-12(14)6-9)13(17)16-4-3-15-10(2)8-16;/h5-7,10,15H,3-4,8H2,1-2H3;1H/t10-;/m0./s1. The van der Waals surface area contributed by atoms with Gasteiger partial charge in [0.15, 0.2) is 0 Å². The number of rotatable bonds is 1. The van der Waals surface area contributed by atoms with Crippen LogP contribution in [-0.2, 0) is 0 Å². The Hall–Kier alpha value is -1.13. The number of halogens is 2.